The summed E-state index contributed by atoms with van der Waals surface area (Å²) in [7, 11) is 1.60. The molecule has 0 unspecified atom stereocenters. The largest absolute Gasteiger partial charge is 0.433 e. The molecule has 2 nitrogen and oxygen atoms in total. The van der Waals surface area contributed by atoms with E-state index in [2.05, 4.69) is 32.9 Å². The third-order valence-electron chi connectivity index (χ3n) is 2.67. The van der Waals surface area contributed by atoms with Crippen LogP contribution in [0.1, 0.15) is 11.3 Å². The third-order valence-corrected chi connectivity index (χ3v) is 3.57. The third kappa shape index (κ3) is 2.25. The summed E-state index contributed by atoms with van der Waals surface area (Å²) < 4.78 is 39.2. The molecular weight excluding hydrogens is 356 g/mol. The fourth-order valence-corrected chi connectivity index (χ4v) is 2.50. The van der Waals surface area contributed by atoms with Crippen LogP contribution in [0.3, 0.4) is 0 Å². The molecule has 0 spiro atoms. The molecule has 0 radical (unpaired) electrons. The normalized spacial score (nSPS) is 11.9. The molecule has 1 aromatic heterocycles. The Morgan fingerprint density at radius 2 is 1.94 bits per heavy atom. The van der Waals surface area contributed by atoms with E-state index >= 15 is 0 Å². The maximum absolute atomic E-state index is 12.8. The molecule has 6 heteroatoms. The highest BCUT2D eigenvalue weighted by Crippen LogP contribution is 2.35. The van der Waals surface area contributed by atoms with Gasteiger partial charge in [-0.1, -0.05) is 6.07 Å². The molecule has 0 fully saturated rings. The van der Waals surface area contributed by atoms with Crippen molar-refractivity contribution in [2.75, 3.05) is 12.4 Å². The zero-order valence-electron chi connectivity index (χ0n) is 9.69. The van der Waals surface area contributed by atoms with Crippen molar-refractivity contribution in [3.63, 3.8) is 0 Å². The van der Waals surface area contributed by atoms with Crippen LogP contribution in [-0.4, -0.2) is 12.0 Å². The Morgan fingerprint density at radius 3 is 2.50 bits per heavy atom. The van der Waals surface area contributed by atoms with Crippen molar-refractivity contribution in [3.05, 3.63) is 33.0 Å². The number of fused-ring (bicyclic) bond motifs is 1. The summed E-state index contributed by atoms with van der Waals surface area (Å²) in [5.41, 5.74) is 0.693. The lowest BCUT2D eigenvalue weighted by Crippen LogP contribution is -2.10. The van der Waals surface area contributed by atoms with Gasteiger partial charge in [-0.25, -0.2) is 4.98 Å². The van der Waals surface area contributed by atoms with Crippen LogP contribution in [-0.2, 0) is 6.18 Å². The molecule has 18 heavy (non-hydrogen) atoms. The zero-order valence-corrected chi connectivity index (χ0v) is 11.8. The van der Waals surface area contributed by atoms with Gasteiger partial charge in [0.25, 0.3) is 0 Å². The standard InChI is InChI=1S/C12H10F3IN2/c1-6-3-4-7(16)10-8(17-2)5-9(12(13,14)15)18-11(6)10/h3-5H,1-2H3,(H,17,18). The van der Waals surface area contributed by atoms with Gasteiger partial charge in [0, 0.05) is 21.7 Å². The first-order chi connectivity index (χ1) is 8.34. The Morgan fingerprint density at radius 1 is 1.28 bits per heavy atom. The Labute approximate surface area is 116 Å². The lowest BCUT2D eigenvalue weighted by atomic mass is 10.1. The molecule has 1 heterocycles. The van der Waals surface area contributed by atoms with Gasteiger partial charge in [-0.2, -0.15) is 13.2 Å². The molecule has 96 valence electrons. The van der Waals surface area contributed by atoms with E-state index in [1.807, 2.05) is 6.07 Å². The van der Waals surface area contributed by atoms with Crippen LogP contribution in [0.25, 0.3) is 10.9 Å². The first-order valence-electron chi connectivity index (χ1n) is 5.19. The highest BCUT2D eigenvalue weighted by molar-refractivity contribution is 14.1. The molecule has 1 aromatic carbocycles. The lowest BCUT2D eigenvalue weighted by molar-refractivity contribution is -0.140. The smallest absolute Gasteiger partial charge is 0.387 e. The summed E-state index contributed by atoms with van der Waals surface area (Å²) in [5, 5.41) is 3.53. The van der Waals surface area contributed by atoms with E-state index in [0.717, 1.165) is 20.6 Å². The van der Waals surface area contributed by atoms with Gasteiger partial charge in [0.2, 0.25) is 0 Å². The summed E-state index contributed by atoms with van der Waals surface area (Å²) in [5.74, 6) is 0. The molecular formula is C12H10F3IN2. The summed E-state index contributed by atoms with van der Waals surface area (Å²) in [6.45, 7) is 1.75. The van der Waals surface area contributed by atoms with Crippen LogP contribution in [0, 0.1) is 10.5 Å². The number of nitrogens with one attached hydrogen (secondary N) is 1. The Hall–Kier alpha value is -1.05. The van der Waals surface area contributed by atoms with Crippen molar-refractivity contribution < 1.29 is 13.2 Å². The Bertz CT molecular complexity index is 608. The van der Waals surface area contributed by atoms with Gasteiger partial charge in [-0.15, -0.1) is 0 Å². The number of rotatable bonds is 1. The summed E-state index contributed by atoms with van der Waals surface area (Å²) in [6, 6.07) is 4.69. The summed E-state index contributed by atoms with van der Waals surface area (Å²) >= 11 is 2.10. The molecule has 0 saturated carbocycles. The van der Waals surface area contributed by atoms with Crippen molar-refractivity contribution in [1.82, 2.24) is 4.98 Å². The van der Waals surface area contributed by atoms with Crippen LogP contribution < -0.4 is 5.32 Å². The van der Waals surface area contributed by atoms with Crippen molar-refractivity contribution >= 4 is 39.2 Å². The van der Waals surface area contributed by atoms with Gasteiger partial charge in [-0.3, -0.25) is 0 Å². The molecule has 2 aromatic rings. The minimum atomic E-state index is -4.44. The number of aromatic nitrogens is 1. The van der Waals surface area contributed by atoms with E-state index in [9.17, 15) is 13.2 Å². The second kappa shape index (κ2) is 4.56. The van der Waals surface area contributed by atoms with Crippen molar-refractivity contribution in [3.8, 4) is 0 Å². The maximum atomic E-state index is 12.8. The van der Waals surface area contributed by atoms with Gasteiger partial charge in [0.1, 0.15) is 5.69 Å². The number of hydrogen-bond donors (Lipinski definition) is 1. The fourth-order valence-electron chi connectivity index (χ4n) is 1.78. The lowest BCUT2D eigenvalue weighted by Gasteiger charge is -2.13. The molecule has 0 aliphatic rings. The Kier molecular flexibility index (Phi) is 3.39. The quantitative estimate of drug-likeness (QED) is 0.765. The molecule has 0 bridgehead atoms. The van der Waals surface area contributed by atoms with Crippen LogP contribution >= 0.6 is 22.6 Å². The van der Waals surface area contributed by atoms with E-state index in [4.69, 9.17) is 0 Å². The molecule has 0 amide bonds. The average Bonchev–Trinajstić information content (AvgIpc) is 2.31. The summed E-state index contributed by atoms with van der Waals surface area (Å²) in [6.07, 6.45) is -4.44. The highest BCUT2D eigenvalue weighted by Gasteiger charge is 2.33. The van der Waals surface area contributed by atoms with Crippen molar-refractivity contribution in [1.29, 1.82) is 0 Å². The van der Waals surface area contributed by atoms with Crippen LogP contribution in [0.4, 0.5) is 18.9 Å². The molecule has 0 saturated heterocycles. The van der Waals surface area contributed by atoms with E-state index in [1.165, 1.54) is 0 Å². The molecule has 0 aliphatic heterocycles. The topological polar surface area (TPSA) is 24.9 Å². The number of nitrogens with zero attached hydrogens (tertiary/aromatic N) is 1. The number of anilines is 1. The SMILES string of the molecule is CNc1cc(C(F)(F)F)nc2c(C)ccc(I)c12. The van der Waals surface area contributed by atoms with E-state index in [-0.39, 0.29) is 0 Å². The Balaban J connectivity index is 2.88. The molecule has 1 N–H and O–H groups in total. The number of benzene rings is 1. The van der Waals surface area contributed by atoms with Gasteiger partial charge >= 0.3 is 6.18 Å². The van der Waals surface area contributed by atoms with Crippen LogP contribution in [0.15, 0.2) is 18.2 Å². The molecule has 0 aliphatic carbocycles. The van der Waals surface area contributed by atoms with Gasteiger partial charge in [0.15, 0.2) is 0 Å². The maximum Gasteiger partial charge on any atom is 0.433 e. The van der Waals surface area contributed by atoms with Crippen LogP contribution in [0.2, 0.25) is 0 Å². The highest BCUT2D eigenvalue weighted by atomic mass is 127. The fraction of sp³-hybridized carbons (Fsp3) is 0.250. The number of alkyl halides is 3. The second-order valence-corrected chi connectivity index (χ2v) is 5.05. The number of aryl methyl sites for hydroxylation is 1. The van der Waals surface area contributed by atoms with Gasteiger partial charge in [-0.05, 0) is 47.2 Å². The minimum Gasteiger partial charge on any atom is -0.387 e. The number of hydrogen-bond acceptors (Lipinski definition) is 2. The van der Waals surface area contributed by atoms with Crippen molar-refractivity contribution in [2.24, 2.45) is 0 Å². The van der Waals surface area contributed by atoms with Crippen LogP contribution in [0.5, 0.6) is 0 Å². The average molecular weight is 366 g/mol. The first-order valence-corrected chi connectivity index (χ1v) is 6.27. The van der Waals surface area contributed by atoms with Gasteiger partial charge < -0.3 is 5.32 Å². The molecule has 2 rings (SSSR count). The van der Waals surface area contributed by atoms with E-state index in [1.54, 1.807) is 20.0 Å². The predicted octanol–water partition coefficient (Wildman–Crippen LogP) is 4.21. The second-order valence-electron chi connectivity index (χ2n) is 3.89. The van der Waals surface area contributed by atoms with E-state index in [0.29, 0.717) is 11.2 Å². The number of pyridine rings is 1. The summed E-state index contributed by atoms with van der Waals surface area (Å²) in [4.78, 5) is 3.75. The predicted molar refractivity (Wildman–Crippen MR) is 73.7 cm³/mol. The monoisotopic (exact) mass is 366 g/mol. The van der Waals surface area contributed by atoms with Gasteiger partial charge in [0.05, 0.1) is 5.52 Å². The van der Waals surface area contributed by atoms with Crippen molar-refractivity contribution in [2.45, 2.75) is 13.1 Å². The number of halogens is 4. The zero-order chi connectivity index (χ0) is 13.5. The first kappa shape index (κ1) is 13.4. The molecule has 0 atom stereocenters. The van der Waals surface area contributed by atoms with E-state index < -0.39 is 11.9 Å². The minimum absolute atomic E-state index is 0.390.